The molecule has 2 fully saturated rings. The zero-order valence-electron chi connectivity index (χ0n) is 34.4. The van der Waals surface area contributed by atoms with Crippen LogP contribution in [0.4, 0.5) is 4.39 Å². The molecule has 14 heteroatoms. The van der Waals surface area contributed by atoms with Crippen LogP contribution in [0.3, 0.4) is 0 Å². The molecule has 3 aromatic carbocycles. The van der Waals surface area contributed by atoms with Gasteiger partial charge in [0.1, 0.15) is 27.8 Å². The number of likely N-dealkylation sites (tertiary alicyclic amines) is 1. The summed E-state index contributed by atoms with van der Waals surface area (Å²) in [4.78, 5) is 45.8. The maximum absolute atomic E-state index is 15.1. The molecule has 2 aliphatic rings. The highest BCUT2D eigenvalue weighted by Gasteiger charge is 2.51. The fourth-order valence-electron chi connectivity index (χ4n) is 9.14. The van der Waals surface area contributed by atoms with Crippen LogP contribution >= 0.6 is 11.3 Å². The first-order valence-corrected chi connectivity index (χ1v) is 23.1. The fourth-order valence-corrected chi connectivity index (χ4v) is 15.1. The number of likely N-dealkylation sites (N-methyl/N-ethyl adjacent to an activating group) is 1. The Bertz CT molecular complexity index is 2540. The van der Waals surface area contributed by atoms with Gasteiger partial charge >= 0.3 is 5.69 Å². The van der Waals surface area contributed by atoms with Crippen molar-refractivity contribution in [3.63, 3.8) is 0 Å². The summed E-state index contributed by atoms with van der Waals surface area (Å²) in [6, 6.07) is 25.0. The Hall–Kier alpha value is -5.02. The van der Waals surface area contributed by atoms with E-state index in [1.165, 1.54) is 38.6 Å². The quantitative estimate of drug-likeness (QED) is 0.135. The summed E-state index contributed by atoms with van der Waals surface area (Å²) in [5.74, 6) is -0.703. The Kier molecular flexibility index (Phi) is 11.2. The molecular weight excluding hydrogens is 784 g/mol. The summed E-state index contributed by atoms with van der Waals surface area (Å²) in [6.07, 6.45) is 5.38. The lowest BCUT2D eigenvalue weighted by Crippen LogP contribution is -2.67. The topological polar surface area (TPSA) is 113 Å². The van der Waals surface area contributed by atoms with Gasteiger partial charge in [0.2, 0.25) is 5.91 Å². The number of aromatic nitrogens is 5. The van der Waals surface area contributed by atoms with E-state index in [0.717, 1.165) is 23.0 Å². The van der Waals surface area contributed by atoms with E-state index in [4.69, 9.17) is 9.16 Å². The average Bonchev–Trinajstić information content (AvgIpc) is 3.96. The van der Waals surface area contributed by atoms with Crippen molar-refractivity contribution >= 4 is 46.2 Å². The molecule has 11 nitrogen and oxygen atoms in total. The maximum Gasteiger partial charge on any atom is 0.332 e. The molecular formula is C45H51FN6O5SSi. The van der Waals surface area contributed by atoms with Gasteiger partial charge in [0, 0.05) is 25.3 Å². The zero-order valence-corrected chi connectivity index (χ0v) is 36.2. The van der Waals surface area contributed by atoms with E-state index in [2.05, 4.69) is 79.5 Å². The molecule has 1 aliphatic carbocycles. The monoisotopic (exact) mass is 834 g/mol. The predicted molar refractivity (Wildman–Crippen MR) is 231 cm³/mol. The highest BCUT2D eigenvalue weighted by molar-refractivity contribution is 7.21. The number of hydrogen-bond donors (Lipinski definition) is 0. The molecule has 0 radical (unpaired) electrons. The summed E-state index contributed by atoms with van der Waals surface area (Å²) in [6.45, 7) is 11.0. The Balaban J connectivity index is 1.15. The summed E-state index contributed by atoms with van der Waals surface area (Å²) in [7, 11) is -1.11. The molecule has 1 saturated heterocycles. The average molecular weight is 835 g/mol. The van der Waals surface area contributed by atoms with Crippen molar-refractivity contribution in [1.82, 2.24) is 29.0 Å². The second-order valence-electron chi connectivity index (χ2n) is 17.0. The van der Waals surface area contributed by atoms with E-state index < -0.39 is 37.5 Å². The number of amides is 1. The van der Waals surface area contributed by atoms with E-state index in [9.17, 15) is 14.4 Å². The van der Waals surface area contributed by atoms with Crippen LogP contribution in [0, 0.1) is 19.7 Å². The standard InChI is InChI=1S/C45H51FN6O5SSi/c1-29-17-18-31(46)27-36(29)38(56-32-19-21-33(22-20-32)57-59(45(3,4)5,34-13-9-7-10-14-34)35-15-11-8-12-16-35)28-50-43-39(30(2)42(58-43)52-47-24-25-48-52)41(54)51(44(50)55)37-23-26-49(6)40(37)53/h7-18,24-25,27,32-33,37-38H,19-23,26,28H2,1-6H3/t32-,33+,37-,38+/m1/s1. The molecule has 4 heterocycles. The largest absolute Gasteiger partial charge is 0.404 e. The predicted octanol–water partition coefficient (Wildman–Crippen LogP) is 6.61. The summed E-state index contributed by atoms with van der Waals surface area (Å²) in [5.41, 5.74) is 0.899. The molecule has 0 bridgehead atoms. The highest BCUT2D eigenvalue weighted by Crippen LogP contribution is 2.41. The smallest absolute Gasteiger partial charge is 0.332 e. The van der Waals surface area contributed by atoms with Crippen LogP contribution in [-0.4, -0.2) is 69.1 Å². The number of rotatable bonds is 11. The molecule has 6 aromatic rings. The van der Waals surface area contributed by atoms with Gasteiger partial charge in [-0.2, -0.15) is 10.2 Å². The van der Waals surface area contributed by atoms with Crippen molar-refractivity contribution in [3.05, 3.63) is 135 Å². The zero-order chi connectivity index (χ0) is 41.6. The lowest BCUT2D eigenvalue weighted by molar-refractivity contribution is -0.129. The van der Waals surface area contributed by atoms with Gasteiger partial charge in [0.25, 0.3) is 13.9 Å². The summed E-state index contributed by atoms with van der Waals surface area (Å²) < 4.78 is 32.3. The van der Waals surface area contributed by atoms with E-state index in [1.807, 2.05) is 19.1 Å². The fraction of sp³-hybridized carbons (Fsp3) is 0.400. The van der Waals surface area contributed by atoms with Crippen molar-refractivity contribution < 1.29 is 18.3 Å². The van der Waals surface area contributed by atoms with Crippen LogP contribution in [0.15, 0.2) is 101 Å². The SMILES string of the molecule is Cc1ccc(F)cc1[C@H](Cn1c(=O)n([C@@H]2CCN(C)C2=O)c(=O)c2c(C)c(-n3nccn3)sc21)O[C@H]1CC[C@@H](O[Si](c2ccccc2)(c2ccccc2)C(C)(C)C)CC1. The molecule has 1 saturated carbocycles. The molecule has 8 rings (SSSR count). The second-order valence-corrected chi connectivity index (χ2v) is 22.2. The van der Waals surface area contributed by atoms with E-state index in [0.29, 0.717) is 52.2 Å². The van der Waals surface area contributed by atoms with Crippen LogP contribution in [0.1, 0.15) is 81.7 Å². The maximum atomic E-state index is 15.1. The number of carbonyl (C=O) groups excluding carboxylic acids is 1. The van der Waals surface area contributed by atoms with Gasteiger partial charge in [-0.15, -0.1) is 4.80 Å². The lowest BCUT2D eigenvalue weighted by Gasteiger charge is -2.46. The van der Waals surface area contributed by atoms with E-state index >= 15 is 4.39 Å². The minimum absolute atomic E-state index is 0.00758. The first kappa shape index (κ1) is 40.7. The second kappa shape index (κ2) is 16.2. The molecule has 3 aromatic heterocycles. The highest BCUT2D eigenvalue weighted by atomic mass is 32.1. The summed E-state index contributed by atoms with van der Waals surface area (Å²) in [5, 5.41) is 11.8. The van der Waals surface area contributed by atoms with Crippen LogP contribution in [0.2, 0.25) is 5.04 Å². The molecule has 1 amide bonds. The molecule has 308 valence electrons. The van der Waals surface area contributed by atoms with Gasteiger partial charge in [-0.05, 0) is 84.6 Å². The van der Waals surface area contributed by atoms with Gasteiger partial charge in [-0.3, -0.25) is 14.2 Å². The third-order valence-electron chi connectivity index (χ3n) is 12.2. The van der Waals surface area contributed by atoms with Crippen molar-refractivity contribution in [1.29, 1.82) is 0 Å². The number of halogens is 1. The van der Waals surface area contributed by atoms with Gasteiger partial charge in [-0.1, -0.05) is 98.8 Å². The number of aryl methyl sites for hydroxylation is 2. The number of benzene rings is 3. The lowest BCUT2D eigenvalue weighted by atomic mass is 9.94. The first-order valence-electron chi connectivity index (χ1n) is 20.4. The van der Waals surface area contributed by atoms with Crippen LogP contribution in [0.5, 0.6) is 0 Å². The van der Waals surface area contributed by atoms with E-state index in [1.54, 1.807) is 41.9 Å². The number of carbonyl (C=O) groups is 1. The molecule has 1 aliphatic heterocycles. The number of thiophene rings is 1. The third-order valence-corrected chi connectivity index (χ3v) is 18.6. The van der Waals surface area contributed by atoms with Crippen molar-refractivity contribution in [2.45, 2.75) is 103 Å². The van der Waals surface area contributed by atoms with Gasteiger partial charge in [-0.25, -0.2) is 13.8 Å². The van der Waals surface area contributed by atoms with Crippen molar-refractivity contribution in [2.24, 2.45) is 0 Å². The normalized spacial score (nSPS) is 19.5. The third kappa shape index (κ3) is 7.45. The Morgan fingerprint density at radius 2 is 1.47 bits per heavy atom. The molecule has 59 heavy (non-hydrogen) atoms. The molecule has 0 unspecified atom stereocenters. The number of ether oxygens (including phenoxy) is 1. The minimum Gasteiger partial charge on any atom is -0.404 e. The van der Waals surface area contributed by atoms with Gasteiger partial charge in [0.15, 0.2) is 0 Å². The molecule has 0 N–H and O–H groups in total. The van der Waals surface area contributed by atoms with Crippen LogP contribution in [-0.2, 0) is 20.5 Å². The Labute approximate surface area is 348 Å². The molecule has 0 spiro atoms. The van der Waals surface area contributed by atoms with E-state index in [-0.39, 0.29) is 29.7 Å². The van der Waals surface area contributed by atoms with Crippen molar-refractivity contribution in [3.8, 4) is 5.00 Å². The Morgan fingerprint density at radius 1 is 0.864 bits per heavy atom. The van der Waals surface area contributed by atoms with Crippen molar-refractivity contribution in [2.75, 3.05) is 13.6 Å². The summed E-state index contributed by atoms with van der Waals surface area (Å²) >= 11 is 1.23. The van der Waals surface area contributed by atoms with Gasteiger partial charge < -0.3 is 14.1 Å². The number of hydrogen-bond acceptors (Lipinski definition) is 8. The van der Waals surface area contributed by atoms with Gasteiger partial charge in [0.05, 0.1) is 30.4 Å². The minimum atomic E-state index is -2.78. The number of nitrogens with zero attached hydrogens (tertiary/aromatic N) is 6. The van der Waals surface area contributed by atoms with Crippen LogP contribution in [0.25, 0.3) is 15.2 Å². The first-order chi connectivity index (χ1) is 28.3. The Morgan fingerprint density at radius 3 is 2.05 bits per heavy atom. The van der Waals surface area contributed by atoms with Crippen LogP contribution < -0.4 is 21.6 Å². The number of fused-ring (bicyclic) bond motifs is 1. The molecule has 2 atom stereocenters.